The summed E-state index contributed by atoms with van der Waals surface area (Å²) in [5, 5.41) is 15.2. The molecule has 2 amide bonds. The Balaban J connectivity index is 1.43. The largest absolute Gasteiger partial charge is 0.494 e. The molecule has 4 rings (SSSR count). The minimum absolute atomic E-state index is 0.0737. The molecule has 0 saturated carbocycles. The van der Waals surface area contributed by atoms with Gasteiger partial charge in [0, 0.05) is 35.5 Å². The van der Waals surface area contributed by atoms with Crippen LogP contribution in [0.15, 0.2) is 85.2 Å². The van der Waals surface area contributed by atoms with E-state index in [1.165, 1.54) is 25.7 Å². The van der Waals surface area contributed by atoms with Crippen LogP contribution in [0.1, 0.15) is 107 Å². The summed E-state index contributed by atoms with van der Waals surface area (Å²) >= 11 is 0. The van der Waals surface area contributed by atoms with Crippen molar-refractivity contribution in [2.75, 3.05) is 6.61 Å². The van der Waals surface area contributed by atoms with Crippen molar-refractivity contribution in [3.8, 4) is 28.3 Å². The molecular weight excluding hydrogens is 652 g/mol. The van der Waals surface area contributed by atoms with Crippen LogP contribution in [-0.4, -0.2) is 51.5 Å². The highest BCUT2D eigenvalue weighted by molar-refractivity contribution is 5.98. The van der Waals surface area contributed by atoms with Crippen LogP contribution >= 0.6 is 0 Å². The number of carbonyl (C=O) groups is 3. The number of benzene rings is 3. The van der Waals surface area contributed by atoms with Gasteiger partial charge in [0.15, 0.2) is 5.82 Å². The number of carboxylic acid groups (broad SMARTS) is 1. The molecule has 3 N–H and O–H groups in total. The van der Waals surface area contributed by atoms with Crippen LogP contribution in [0.2, 0.25) is 0 Å². The number of amides is 2. The van der Waals surface area contributed by atoms with Gasteiger partial charge in [-0.25, -0.2) is 14.8 Å². The third-order valence-electron chi connectivity index (χ3n) is 9.10. The normalized spacial score (nSPS) is 12.5. The zero-order chi connectivity index (χ0) is 37.5. The molecule has 2 atom stereocenters. The molecule has 9 nitrogen and oxygen atoms in total. The van der Waals surface area contributed by atoms with E-state index in [0.29, 0.717) is 24.2 Å². The Hall–Kier alpha value is -5.05. The first-order chi connectivity index (χ1) is 25.0. The number of aliphatic carboxylic acids is 1. The summed E-state index contributed by atoms with van der Waals surface area (Å²) in [4.78, 5) is 48.0. The lowest BCUT2D eigenvalue weighted by atomic mass is 9.86. The standard InChI is InChI=1S/C43H54N4O5/c1-6-8-10-11-12-26-52-36-24-20-31(21-25-36)34-28-44-39(45-29-34)32-16-14-30(15-17-32)27-38(41(49)46-37(42(50)51)13-9-7-2)47-40(48)33-18-22-35(23-19-33)43(3,4)5/h14-25,28-29,37-38H,6-13,26-27H2,1-5H3,(H,46,49)(H,47,48)(H,50,51)/t37?,38-/m0/s1. The molecule has 0 bridgehead atoms. The Morgan fingerprint density at radius 1 is 0.712 bits per heavy atom. The van der Waals surface area contributed by atoms with Gasteiger partial charge in [0.25, 0.3) is 5.91 Å². The van der Waals surface area contributed by atoms with Crippen molar-refractivity contribution in [1.29, 1.82) is 0 Å². The molecule has 276 valence electrons. The maximum Gasteiger partial charge on any atom is 0.326 e. The molecule has 4 aromatic rings. The minimum atomic E-state index is -1.10. The lowest BCUT2D eigenvalue weighted by molar-refractivity contribution is -0.142. The first-order valence-corrected chi connectivity index (χ1v) is 18.6. The number of carboxylic acids is 1. The molecule has 1 heterocycles. The smallest absolute Gasteiger partial charge is 0.326 e. The summed E-state index contributed by atoms with van der Waals surface area (Å²) in [5.41, 5.74) is 4.90. The van der Waals surface area contributed by atoms with Gasteiger partial charge in [0.2, 0.25) is 5.91 Å². The quantitative estimate of drug-likeness (QED) is 0.0833. The van der Waals surface area contributed by atoms with E-state index in [2.05, 4.69) is 48.3 Å². The fraction of sp³-hybridized carbons (Fsp3) is 0.419. The van der Waals surface area contributed by atoms with Crippen LogP contribution < -0.4 is 15.4 Å². The molecule has 9 heteroatoms. The Kier molecular flexibility index (Phi) is 14.9. The minimum Gasteiger partial charge on any atom is -0.494 e. The third-order valence-corrected chi connectivity index (χ3v) is 9.10. The Morgan fingerprint density at radius 3 is 1.92 bits per heavy atom. The number of aromatic nitrogens is 2. The monoisotopic (exact) mass is 706 g/mol. The van der Waals surface area contributed by atoms with E-state index in [4.69, 9.17) is 4.74 Å². The SMILES string of the molecule is CCCCCCCOc1ccc(-c2cnc(-c3ccc(C[C@H](NC(=O)c4ccc(C(C)(C)C)cc4)C(=O)NC(CCCC)C(=O)O)cc3)nc2)cc1. The van der Waals surface area contributed by atoms with E-state index >= 15 is 0 Å². The van der Waals surface area contributed by atoms with Gasteiger partial charge in [-0.1, -0.05) is 122 Å². The van der Waals surface area contributed by atoms with E-state index in [1.807, 2.05) is 67.6 Å². The number of nitrogens with zero attached hydrogens (tertiary/aromatic N) is 2. The predicted octanol–water partition coefficient (Wildman–Crippen LogP) is 8.56. The first kappa shape index (κ1) is 39.7. The Labute approximate surface area is 308 Å². The number of hydrogen-bond donors (Lipinski definition) is 3. The molecule has 0 aliphatic heterocycles. The third kappa shape index (κ3) is 12.0. The molecule has 52 heavy (non-hydrogen) atoms. The van der Waals surface area contributed by atoms with Crippen molar-refractivity contribution < 1.29 is 24.2 Å². The summed E-state index contributed by atoms with van der Waals surface area (Å²) < 4.78 is 5.90. The van der Waals surface area contributed by atoms with Gasteiger partial charge in [-0.15, -0.1) is 0 Å². The van der Waals surface area contributed by atoms with Gasteiger partial charge in [-0.2, -0.15) is 0 Å². The molecule has 1 unspecified atom stereocenters. The van der Waals surface area contributed by atoms with Crippen LogP contribution in [0.4, 0.5) is 0 Å². The van der Waals surface area contributed by atoms with Crippen LogP contribution in [0, 0.1) is 0 Å². The summed E-state index contributed by atoms with van der Waals surface area (Å²) in [7, 11) is 0. The van der Waals surface area contributed by atoms with E-state index in [0.717, 1.165) is 53.0 Å². The first-order valence-electron chi connectivity index (χ1n) is 18.6. The van der Waals surface area contributed by atoms with E-state index in [1.54, 1.807) is 24.5 Å². The molecule has 3 aromatic carbocycles. The van der Waals surface area contributed by atoms with Crippen molar-refractivity contribution in [2.24, 2.45) is 0 Å². The highest BCUT2D eigenvalue weighted by Crippen LogP contribution is 2.25. The van der Waals surface area contributed by atoms with Gasteiger partial charge in [0.1, 0.15) is 17.8 Å². The number of unbranched alkanes of at least 4 members (excludes halogenated alkanes) is 5. The van der Waals surface area contributed by atoms with E-state index in [9.17, 15) is 19.5 Å². The van der Waals surface area contributed by atoms with Crippen molar-refractivity contribution in [2.45, 2.75) is 110 Å². The van der Waals surface area contributed by atoms with Gasteiger partial charge >= 0.3 is 5.97 Å². The number of rotatable bonds is 19. The van der Waals surface area contributed by atoms with Gasteiger partial charge in [0.05, 0.1) is 6.61 Å². The summed E-state index contributed by atoms with van der Waals surface area (Å²) in [6.07, 6.45) is 11.5. The topological polar surface area (TPSA) is 131 Å². The van der Waals surface area contributed by atoms with Crippen molar-refractivity contribution in [3.63, 3.8) is 0 Å². The molecular formula is C43H54N4O5. The van der Waals surface area contributed by atoms with Gasteiger partial charge in [-0.05, 0) is 59.2 Å². The highest BCUT2D eigenvalue weighted by atomic mass is 16.5. The number of nitrogens with one attached hydrogen (secondary N) is 2. The van der Waals surface area contributed by atoms with Crippen molar-refractivity contribution in [3.05, 3.63) is 102 Å². The molecule has 0 radical (unpaired) electrons. The van der Waals surface area contributed by atoms with Crippen LogP contribution in [0.5, 0.6) is 5.75 Å². The van der Waals surface area contributed by atoms with Crippen LogP contribution in [-0.2, 0) is 21.4 Å². The molecule has 0 aliphatic rings. The molecule has 0 fully saturated rings. The summed E-state index contributed by atoms with van der Waals surface area (Å²) in [5.74, 6) is -0.655. The second-order valence-electron chi connectivity index (χ2n) is 14.4. The predicted molar refractivity (Wildman–Crippen MR) is 206 cm³/mol. The fourth-order valence-electron chi connectivity index (χ4n) is 5.80. The van der Waals surface area contributed by atoms with Crippen molar-refractivity contribution >= 4 is 17.8 Å². The van der Waals surface area contributed by atoms with Crippen molar-refractivity contribution in [1.82, 2.24) is 20.6 Å². The number of carbonyl (C=O) groups excluding carboxylic acids is 2. The average Bonchev–Trinajstić information content (AvgIpc) is 3.14. The van der Waals surface area contributed by atoms with Gasteiger partial charge in [-0.3, -0.25) is 9.59 Å². The molecule has 0 saturated heterocycles. The molecule has 0 spiro atoms. The zero-order valence-electron chi connectivity index (χ0n) is 31.3. The number of ether oxygens (including phenoxy) is 1. The maximum atomic E-state index is 13.5. The average molecular weight is 707 g/mol. The summed E-state index contributed by atoms with van der Waals surface area (Å²) in [6, 6.07) is 20.7. The maximum absolute atomic E-state index is 13.5. The number of hydrogen-bond acceptors (Lipinski definition) is 6. The lowest BCUT2D eigenvalue weighted by Crippen LogP contribution is -2.52. The summed E-state index contributed by atoms with van der Waals surface area (Å²) in [6.45, 7) is 11.2. The van der Waals surface area contributed by atoms with E-state index in [-0.39, 0.29) is 11.8 Å². The Bertz CT molecular complexity index is 1710. The fourth-order valence-corrected chi connectivity index (χ4v) is 5.80. The second-order valence-corrected chi connectivity index (χ2v) is 14.4. The lowest BCUT2D eigenvalue weighted by Gasteiger charge is -2.22. The van der Waals surface area contributed by atoms with Gasteiger partial charge < -0.3 is 20.5 Å². The zero-order valence-corrected chi connectivity index (χ0v) is 31.3. The second kappa shape index (κ2) is 19.5. The Morgan fingerprint density at radius 2 is 1.33 bits per heavy atom. The van der Waals surface area contributed by atoms with Crippen LogP contribution in [0.25, 0.3) is 22.5 Å². The van der Waals surface area contributed by atoms with Crippen LogP contribution in [0.3, 0.4) is 0 Å². The molecule has 1 aromatic heterocycles. The molecule has 0 aliphatic carbocycles. The van der Waals surface area contributed by atoms with E-state index < -0.39 is 29.9 Å². The highest BCUT2D eigenvalue weighted by Gasteiger charge is 2.27.